The van der Waals surface area contributed by atoms with Crippen molar-refractivity contribution in [2.75, 3.05) is 12.4 Å². The maximum Gasteiger partial charge on any atom is 0.280 e. The molecule has 10 nitrogen and oxygen atoms in total. The minimum absolute atomic E-state index is 0.0547. The van der Waals surface area contributed by atoms with Gasteiger partial charge in [-0.15, -0.1) is 0 Å². The lowest BCUT2D eigenvalue weighted by Crippen LogP contribution is -2.25. The van der Waals surface area contributed by atoms with Crippen molar-refractivity contribution in [3.05, 3.63) is 80.3 Å². The van der Waals surface area contributed by atoms with Gasteiger partial charge in [-0.2, -0.15) is 9.78 Å². The maximum absolute atomic E-state index is 12.6. The highest BCUT2D eigenvalue weighted by Crippen LogP contribution is 2.29. The third kappa shape index (κ3) is 4.05. The van der Waals surface area contributed by atoms with Crippen LogP contribution in [0.1, 0.15) is 16.1 Å². The predicted octanol–water partition coefficient (Wildman–Crippen LogP) is 2.42. The van der Waals surface area contributed by atoms with Gasteiger partial charge in [-0.05, 0) is 30.7 Å². The van der Waals surface area contributed by atoms with Crippen molar-refractivity contribution in [1.29, 1.82) is 0 Å². The van der Waals surface area contributed by atoms with Crippen LogP contribution in [0.2, 0.25) is 0 Å². The molecule has 0 spiro atoms. The number of nitro groups is 1. The Morgan fingerprint density at radius 1 is 1.24 bits per heavy atom. The van der Waals surface area contributed by atoms with Gasteiger partial charge in [0.2, 0.25) is 0 Å². The smallest absolute Gasteiger partial charge is 0.280 e. The summed E-state index contributed by atoms with van der Waals surface area (Å²) in [6, 6.07) is 11.4. The molecule has 1 amide bonds. The van der Waals surface area contributed by atoms with E-state index in [-0.39, 0.29) is 17.1 Å². The van der Waals surface area contributed by atoms with E-state index in [4.69, 9.17) is 4.74 Å². The molecular weight excluding hydrogens is 380 g/mol. The lowest BCUT2D eigenvalue weighted by atomic mass is 10.2. The minimum atomic E-state index is -0.823. The summed E-state index contributed by atoms with van der Waals surface area (Å²) in [7, 11) is 1.29. The van der Waals surface area contributed by atoms with Gasteiger partial charge < -0.3 is 15.2 Å². The molecular formula is C19H16N4O6. The van der Waals surface area contributed by atoms with Crippen molar-refractivity contribution in [1.82, 2.24) is 9.78 Å². The zero-order valence-corrected chi connectivity index (χ0v) is 15.4. The first-order chi connectivity index (χ1) is 13.8. The monoisotopic (exact) mass is 396 g/mol. The molecule has 2 N–H and O–H groups in total. The Bertz CT molecular complexity index is 1170. The fourth-order valence-corrected chi connectivity index (χ4v) is 2.63. The number of nitrogens with one attached hydrogen (secondary N) is 1. The van der Waals surface area contributed by atoms with Gasteiger partial charge in [0.1, 0.15) is 5.75 Å². The Kier molecular flexibility index (Phi) is 5.26. The van der Waals surface area contributed by atoms with Crippen LogP contribution in [0.15, 0.2) is 53.3 Å². The SMILES string of the molecule is COc1cc([N+](=O)[O-])ccc1NC(=O)c1nn(-c2cccc(C)c2)c(=O)cc1O. The number of nitro benzene ring substituents is 1. The first-order valence-electron chi connectivity index (χ1n) is 8.34. The molecule has 0 saturated heterocycles. The second-order valence-corrected chi connectivity index (χ2v) is 6.06. The molecule has 0 saturated carbocycles. The molecule has 3 aromatic rings. The molecule has 148 valence electrons. The average Bonchev–Trinajstić information content (AvgIpc) is 2.68. The number of benzene rings is 2. The highest BCUT2D eigenvalue weighted by atomic mass is 16.6. The van der Waals surface area contributed by atoms with E-state index in [1.54, 1.807) is 18.2 Å². The van der Waals surface area contributed by atoms with E-state index >= 15 is 0 Å². The highest BCUT2D eigenvalue weighted by Gasteiger charge is 2.20. The molecule has 0 aliphatic heterocycles. The van der Waals surface area contributed by atoms with Crippen LogP contribution >= 0.6 is 0 Å². The number of aromatic nitrogens is 2. The molecule has 1 aromatic heterocycles. The number of methoxy groups -OCH3 is 1. The molecule has 2 aromatic carbocycles. The fraction of sp³-hybridized carbons (Fsp3) is 0.105. The minimum Gasteiger partial charge on any atom is -0.505 e. The third-order valence-electron chi connectivity index (χ3n) is 4.02. The van der Waals surface area contributed by atoms with Crippen molar-refractivity contribution in [2.24, 2.45) is 0 Å². The van der Waals surface area contributed by atoms with E-state index in [2.05, 4.69) is 10.4 Å². The quantitative estimate of drug-likeness (QED) is 0.499. The zero-order chi connectivity index (χ0) is 21.1. The van der Waals surface area contributed by atoms with E-state index in [1.807, 2.05) is 13.0 Å². The van der Waals surface area contributed by atoms with Crippen LogP contribution in [-0.2, 0) is 0 Å². The van der Waals surface area contributed by atoms with E-state index in [9.17, 15) is 24.8 Å². The summed E-state index contributed by atoms with van der Waals surface area (Å²) in [4.78, 5) is 35.1. The van der Waals surface area contributed by atoms with Crippen molar-refractivity contribution < 1.29 is 19.6 Å². The summed E-state index contributed by atoms with van der Waals surface area (Å²) in [5, 5.41) is 27.4. The van der Waals surface area contributed by atoms with Crippen molar-refractivity contribution in [3.63, 3.8) is 0 Å². The Morgan fingerprint density at radius 2 is 2.00 bits per heavy atom. The van der Waals surface area contributed by atoms with Crippen LogP contribution in [0, 0.1) is 17.0 Å². The first-order valence-corrected chi connectivity index (χ1v) is 8.34. The van der Waals surface area contributed by atoms with Gasteiger partial charge in [-0.1, -0.05) is 12.1 Å². The summed E-state index contributed by atoms with van der Waals surface area (Å²) < 4.78 is 6.07. The third-order valence-corrected chi connectivity index (χ3v) is 4.02. The second-order valence-electron chi connectivity index (χ2n) is 6.06. The Labute approximate surface area is 164 Å². The zero-order valence-electron chi connectivity index (χ0n) is 15.4. The number of amides is 1. The number of anilines is 1. The molecule has 0 atom stereocenters. The number of carbonyl (C=O) groups excluding carboxylic acids is 1. The Hall–Kier alpha value is -4.21. The number of aryl methyl sites for hydroxylation is 1. The summed E-state index contributed by atoms with van der Waals surface area (Å²) in [6.07, 6.45) is 0. The van der Waals surface area contributed by atoms with Crippen molar-refractivity contribution in [3.8, 4) is 17.2 Å². The molecule has 0 aliphatic rings. The van der Waals surface area contributed by atoms with Crippen LogP contribution < -0.4 is 15.6 Å². The van der Waals surface area contributed by atoms with Crippen LogP contribution in [0.3, 0.4) is 0 Å². The highest BCUT2D eigenvalue weighted by molar-refractivity contribution is 6.05. The molecule has 0 aliphatic carbocycles. The van der Waals surface area contributed by atoms with Crippen molar-refractivity contribution >= 4 is 17.3 Å². The van der Waals surface area contributed by atoms with Gasteiger partial charge in [-0.3, -0.25) is 19.7 Å². The summed E-state index contributed by atoms with van der Waals surface area (Å²) in [5.41, 5.74) is 0.221. The molecule has 0 bridgehead atoms. The standard InChI is InChI=1S/C19H16N4O6/c1-11-4-3-5-12(8-11)22-17(25)10-15(24)18(21-22)19(26)20-14-7-6-13(23(27)28)9-16(14)29-2/h3-10,24H,1-2H3,(H,20,26). The number of rotatable bonds is 5. The van der Waals surface area contributed by atoms with Crippen molar-refractivity contribution in [2.45, 2.75) is 6.92 Å². The summed E-state index contributed by atoms with van der Waals surface area (Å²) in [5.74, 6) is -1.37. The van der Waals surface area contributed by atoms with Gasteiger partial charge in [0.15, 0.2) is 11.4 Å². The van der Waals surface area contributed by atoms with Crippen LogP contribution in [0.4, 0.5) is 11.4 Å². The normalized spacial score (nSPS) is 10.4. The lowest BCUT2D eigenvalue weighted by Gasteiger charge is -2.12. The Balaban J connectivity index is 1.99. The fourth-order valence-electron chi connectivity index (χ4n) is 2.63. The van der Waals surface area contributed by atoms with E-state index in [0.29, 0.717) is 5.69 Å². The van der Waals surface area contributed by atoms with Crippen LogP contribution in [-0.4, -0.2) is 32.8 Å². The second kappa shape index (κ2) is 7.80. The number of hydrogen-bond acceptors (Lipinski definition) is 7. The topological polar surface area (TPSA) is 137 Å². The molecule has 0 fully saturated rings. The van der Waals surface area contributed by atoms with Crippen LogP contribution in [0.5, 0.6) is 11.5 Å². The summed E-state index contributed by atoms with van der Waals surface area (Å²) >= 11 is 0. The largest absolute Gasteiger partial charge is 0.505 e. The number of ether oxygens (including phenoxy) is 1. The number of nitrogens with zero attached hydrogens (tertiary/aromatic N) is 3. The molecule has 10 heteroatoms. The summed E-state index contributed by atoms with van der Waals surface area (Å²) in [6.45, 7) is 1.84. The maximum atomic E-state index is 12.6. The molecule has 29 heavy (non-hydrogen) atoms. The number of carbonyl (C=O) groups is 1. The van der Waals surface area contributed by atoms with Gasteiger partial charge in [0.05, 0.1) is 29.5 Å². The van der Waals surface area contributed by atoms with Gasteiger partial charge in [0.25, 0.3) is 17.2 Å². The lowest BCUT2D eigenvalue weighted by molar-refractivity contribution is -0.384. The van der Waals surface area contributed by atoms with Gasteiger partial charge in [-0.25, -0.2) is 0 Å². The molecule has 1 heterocycles. The Morgan fingerprint density at radius 3 is 2.66 bits per heavy atom. The number of hydrogen-bond donors (Lipinski definition) is 2. The number of non-ortho nitro benzene ring substituents is 1. The van der Waals surface area contributed by atoms with E-state index in [0.717, 1.165) is 22.4 Å². The molecule has 0 unspecified atom stereocenters. The number of aromatic hydroxyl groups is 1. The van der Waals surface area contributed by atoms with Crippen LogP contribution in [0.25, 0.3) is 5.69 Å². The average molecular weight is 396 g/mol. The predicted molar refractivity (Wildman–Crippen MR) is 104 cm³/mol. The van der Waals surface area contributed by atoms with E-state index in [1.165, 1.54) is 19.2 Å². The molecule has 3 rings (SSSR count). The molecule has 0 radical (unpaired) electrons. The van der Waals surface area contributed by atoms with Gasteiger partial charge in [0, 0.05) is 12.1 Å². The first kappa shape index (κ1) is 19.5. The van der Waals surface area contributed by atoms with Gasteiger partial charge >= 0.3 is 0 Å². The van der Waals surface area contributed by atoms with E-state index < -0.39 is 27.8 Å².